The fraction of sp³-hybridized carbons (Fsp3) is 0.250. The monoisotopic (exact) mass is 254 g/mol. The molecule has 19 heavy (non-hydrogen) atoms. The molecule has 0 amide bonds. The minimum atomic E-state index is 0.810. The van der Waals surface area contributed by atoms with E-state index in [2.05, 4.69) is 53.1 Å². The molecular weight excluding hydrogens is 236 g/mol. The van der Waals surface area contributed by atoms with Crippen LogP contribution in [0.25, 0.3) is 0 Å². The maximum atomic E-state index is 5.51. The normalized spacial score (nSPS) is 12.7. The molecule has 2 N–H and O–H groups in total. The highest BCUT2D eigenvalue weighted by atomic mass is 16.5. The molecule has 0 radical (unpaired) electrons. The lowest BCUT2D eigenvalue weighted by molar-refractivity contribution is 0.357. The van der Waals surface area contributed by atoms with Gasteiger partial charge in [-0.3, -0.25) is 0 Å². The van der Waals surface area contributed by atoms with Crippen LogP contribution in [-0.2, 0) is 13.0 Å². The van der Waals surface area contributed by atoms with Crippen LogP contribution in [0.3, 0.4) is 0 Å². The zero-order valence-electron chi connectivity index (χ0n) is 11.1. The number of hydrogen-bond acceptors (Lipinski definition) is 3. The maximum absolute atomic E-state index is 5.51. The van der Waals surface area contributed by atoms with Gasteiger partial charge in [0.05, 0.1) is 6.61 Å². The number of anilines is 2. The van der Waals surface area contributed by atoms with Crippen LogP contribution in [0.4, 0.5) is 11.4 Å². The number of fused-ring (bicyclic) bond motifs is 1. The highest BCUT2D eigenvalue weighted by Crippen LogP contribution is 2.28. The highest BCUT2D eigenvalue weighted by molar-refractivity contribution is 5.53. The third-order valence-electron chi connectivity index (χ3n) is 3.43. The predicted octanol–water partition coefficient (Wildman–Crippen LogP) is 3.28. The smallest absolute Gasteiger partial charge is 0.122 e. The molecule has 3 rings (SSSR count). The summed E-state index contributed by atoms with van der Waals surface area (Å²) in [6.07, 6.45) is 1.02. The second-order valence-electron chi connectivity index (χ2n) is 4.72. The van der Waals surface area contributed by atoms with E-state index >= 15 is 0 Å². The predicted molar refractivity (Wildman–Crippen MR) is 79.0 cm³/mol. The molecule has 3 nitrogen and oxygen atoms in total. The highest BCUT2D eigenvalue weighted by Gasteiger charge is 2.11. The van der Waals surface area contributed by atoms with Crippen molar-refractivity contribution < 1.29 is 4.74 Å². The van der Waals surface area contributed by atoms with E-state index in [9.17, 15) is 0 Å². The van der Waals surface area contributed by atoms with Gasteiger partial charge in [-0.05, 0) is 41.5 Å². The van der Waals surface area contributed by atoms with E-state index < -0.39 is 0 Å². The van der Waals surface area contributed by atoms with E-state index in [0.29, 0.717) is 0 Å². The summed E-state index contributed by atoms with van der Waals surface area (Å²) >= 11 is 0. The van der Waals surface area contributed by atoms with Gasteiger partial charge in [-0.15, -0.1) is 0 Å². The molecule has 1 heterocycles. The molecule has 0 aromatic heterocycles. The van der Waals surface area contributed by atoms with Crippen molar-refractivity contribution in [2.24, 2.45) is 0 Å². The Bertz CT molecular complexity index is 563. The molecule has 0 spiro atoms. The van der Waals surface area contributed by atoms with Gasteiger partial charge < -0.3 is 15.4 Å². The number of nitrogens with one attached hydrogen (secondary N) is 2. The van der Waals surface area contributed by atoms with Gasteiger partial charge in [-0.1, -0.05) is 12.1 Å². The van der Waals surface area contributed by atoms with Crippen molar-refractivity contribution in [1.29, 1.82) is 0 Å². The van der Waals surface area contributed by atoms with E-state index in [1.807, 2.05) is 7.05 Å². The van der Waals surface area contributed by atoms with Crippen LogP contribution < -0.4 is 15.4 Å². The molecule has 98 valence electrons. The van der Waals surface area contributed by atoms with Crippen molar-refractivity contribution in [1.82, 2.24) is 0 Å². The first-order valence-corrected chi connectivity index (χ1v) is 6.61. The molecule has 3 heteroatoms. The lowest BCUT2D eigenvalue weighted by Gasteiger charge is -2.09. The SMILES string of the molecule is CNc1ccc(CNc2ccc3c(c2)CCO3)cc1. The van der Waals surface area contributed by atoms with Crippen molar-refractivity contribution >= 4 is 11.4 Å². The van der Waals surface area contributed by atoms with Gasteiger partial charge in [-0.25, -0.2) is 0 Å². The molecule has 0 unspecified atom stereocenters. The summed E-state index contributed by atoms with van der Waals surface area (Å²) in [4.78, 5) is 0. The first-order chi connectivity index (χ1) is 9.35. The molecule has 0 saturated carbocycles. The van der Waals surface area contributed by atoms with E-state index in [4.69, 9.17) is 4.74 Å². The Morgan fingerprint density at radius 3 is 2.63 bits per heavy atom. The Hall–Kier alpha value is -2.16. The third-order valence-corrected chi connectivity index (χ3v) is 3.43. The topological polar surface area (TPSA) is 33.3 Å². The fourth-order valence-electron chi connectivity index (χ4n) is 2.29. The van der Waals surface area contributed by atoms with E-state index in [0.717, 1.165) is 36.7 Å². The minimum absolute atomic E-state index is 0.810. The van der Waals surface area contributed by atoms with Crippen molar-refractivity contribution in [3.8, 4) is 5.75 Å². The lowest BCUT2D eigenvalue weighted by Crippen LogP contribution is -1.99. The van der Waals surface area contributed by atoms with E-state index in [1.54, 1.807) is 0 Å². The molecular formula is C16H18N2O. The first-order valence-electron chi connectivity index (χ1n) is 6.61. The van der Waals surface area contributed by atoms with Crippen molar-refractivity contribution in [3.63, 3.8) is 0 Å². The number of hydrogen-bond donors (Lipinski definition) is 2. The summed E-state index contributed by atoms with van der Waals surface area (Å²) < 4.78 is 5.51. The average molecular weight is 254 g/mol. The first kappa shape index (κ1) is 11.9. The molecule has 1 aliphatic heterocycles. The van der Waals surface area contributed by atoms with Gasteiger partial charge in [0.1, 0.15) is 5.75 Å². The average Bonchev–Trinajstić information content (AvgIpc) is 2.93. The zero-order valence-corrected chi connectivity index (χ0v) is 11.1. The van der Waals surface area contributed by atoms with Crippen molar-refractivity contribution in [2.45, 2.75) is 13.0 Å². The lowest BCUT2D eigenvalue weighted by atomic mass is 10.1. The molecule has 2 aromatic carbocycles. The summed E-state index contributed by atoms with van der Waals surface area (Å²) in [6.45, 7) is 1.65. The van der Waals surface area contributed by atoms with Crippen molar-refractivity contribution in [3.05, 3.63) is 53.6 Å². The minimum Gasteiger partial charge on any atom is -0.493 e. The molecule has 0 bridgehead atoms. The van der Waals surface area contributed by atoms with Crippen LogP contribution in [-0.4, -0.2) is 13.7 Å². The summed E-state index contributed by atoms with van der Waals surface area (Å²) in [5.74, 6) is 1.03. The third kappa shape index (κ3) is 2.65. The summed E-state index contributed by atoms with van der Waals surface area (Å²) in [5, 5.41) is 6.57. The van der Waals surface area contributed by atoms with Crippen LogP contribution in [0, 0.1) is 0 Å². The molecule has 2 aromatic rings. The Kier molecular flexibility index (Phi) is 3.27. The molecule has 0 aliphatic carbocycles. The van der Waals surface area contributed by atoms with Gasteiger partial charge in [0.15, 0.2) is 0 Å². The van der Waals surface area contributed by atoms with Crippen LogP contribution in [0.1, 0.15) is 11.1 Å². The summed E-state index contributed by atoms with van der Waals surface area (Å²) in [5.41, 5.74) is 4.87. The van der Waals surface area contributed by atoms with Gasteiger partial charge in [0.2, 0.25) is 0 Å². The Balaban J connectivity index is 1.65. The Labute approximate surface area is 113 Å². The van der Waals surface area contributed by atoms with E-state index in [1.165, 1.54) is 11.1 Å². The largest absolute Gasteiger partial charge is 0.493 e. The molecule has 1 aliphatic rings. The second kappa shape index (κ2) is 5.22. The Morgan fingerprint density at radius 1 is 1.05 bits per heavy atom. The summed E-state index contributed by atoms with van der Waals surface area (Å²) in [6, 6.07) is 14.8. The molecule has 0 atom stereocenters. The Morgan fingerprint density at radius 2 is 1.84 bits per heavy atom. The van der Waals surface area contributed by atoms with Crippen molar-refractivity contribution in [2.75, 3.05) is 24.3 Å². The zero-order chi connectivity index (χ0) is 13.1. The van der Waals surface area contributed by atoms with E-state index in [-0.39, 0.29) is 0 Å². The quantitative estimate of drug-likeness (QED) is 0.878. The summed E-state index contributed by atoms with van der Waals surface area (Å²) in [7, 11) is 1.93. The molecule has 0 saturated heterocycles. The van der Waals surface area contributed by atoms with Crippen LogP contribution in [0.2, 0.25) is 0 Å². The maximum Gasteiger partial charge on any atom is 0.122 e. The number of benzene rings is 2. The molecule has 0 fully saturated rings. The fourth-order valence-corrected chi connectivity index (χ4v) is 2.29. The van der Waals surface area contributed by atoms with Gasteiger partial charge in [-0.2, -0.15) is 0 Å². The van der Waals surface area contributed by atoms with Gasteiger partial charge in [0, 0.05) is 31.4 Å². The van der Waals surface area contributed by atoms with Gasteiger partial charge in [0.25, 0.3) is 0 Å². The second-order valence-corrected chi connectivity index (χ2v) is 4.72. The van der Waals surface area contributed by atoms with Crippen LogP contribution in [0.15, 0.2) is 42.5 Å². The number of rotatable bonds is 4. The standard InChI is InChI=1S/C16H18N2O/c1-17-14-4-2-12(3-5-14)11-18-15-6-7-16-13(10-15)8-9-19-16/h2-7,10,17-18H,8-9,11H2,1H3. The number of ether oxygens (including phenoxy) is 1. The van der Waals surface area contributed by atoms with Gasteiger partial charge >= 0.3 is 0 Å². The van der Waals surface area contributed by atoms with Crippen LogP contribution >= 0.6 is 0 Å². The van der Waals surface area contributed by atoms with Crippen LogP contribution in [0.5, 0.6) is 5.75 Å².